The van der Waals surface area contributed by atoms with Gasteiger partial charge in [-0.05, 0) is 50.7 Å². The van der Waals surface area contributed by atoms with E-state index in [1.165, 1.54) is 11.3 Å². The van der Waals surface area contributed by atoms with Gasteiger partial charge < -0.3 is 30.5 Å². The summed E-state index contributed by atoms with van der Waals surface area (Å²) in [6.45, 7) is 3.21. The minimum Gasteiger partial charge on any atom is -0.486 e. The van der Waals surface area contributed by atoms with Crippen molar-refractivity contribution in [2.45, 2.75) is 25.0 Å². The molecule has 4 rings (SSSR count). The highest BCUT2D eigenvalue weighted by Gasteiger charge is 2.23. The van der Waals surface area contributed by atoms with E-state index in [1.807, 2.05) is 18.2 Å². The quantitative estimate of drug-likeness (QED) is 0.752. The van der Waals surface area contributed by atoms with Crippen molar-refractivity contribution in [3.05, 3.63) is 28.6 Å². The van der Waals surface area contributed by atoms with Gasteiger partial charge in [-0.3, -0.25) is 0 Å². The fourth-order valence-corrected chi connectivity index (χ4v) is 4.29. The second kappa shape index (κ2) is 7.30. The molecule has 0 bridgehead atoms. The molecule has 4 N–H and O–H groups in total. The molecule has 2 aromatic rings. The molecule has 3 heterocycles. The standard InChI is InChI=1S/C18H24N4O3S/c1-22-6-4-12(5-7-22)20-18-21-17(19)16(26-18)15(23)11-2-3-13-14(10-11)25-9-8-24-13/h2-3,10,12,15,23H,4-9,19H2,1H3,(H,20,21). The third-order valence-electron chi connectivity index (χ3n) is 4.86. The number of fused-ring (bicyclic) bond motifs is 1. The lowest BCUT2D eigenvalue weighted by Crippen LogP contribution is -2.36. The normalized spacial score (nSPS) is 19.3. The van der Waals surface area contributed by atoms with Crippen LogP contribution in [0.25, 0.3) is 0 Å². The van der Waals surface area contributed by atoms with Crippen LogP contribution in [0.2, 0.25) is 0 Å². The van der Waals surface area contributed by atoms with E-state index in [-0.39, 0.29) is 0 Å². The fourth-order valence-electron chi connectivity index (χ4n) is 3.31. The highest BCUT2D eigenvalue weighted by molar-refractivity contribution is 7.16. The van der Waals surface area contributed by atoms with Crippen LogP contribution in [0.1, 0.15) is 29.4 Å². The van der Waals surface area contributed by atoms with Crippen LogP contribution < -0.4 is 20.5 Å². The number of nitrogen functional groups attached to an aromatic ring is 1. The minimum atomic E-state index is -0.837. The summed E-state index contributed by atoms with van der Waals surface area (Å²) in [7, 11) is 2.14. The second-order valence-corrected chi connectivity index (χ2v) is 7.83. The number of aliphatic hydroxyl groups is 1. The number of hydrogen-bond acceptors (Lipinski definition) is 8. The number of hydrogen-bond donors (Lipinski definition) is 3. The summed E-state index contributed by atoms with van der Waals surface area (Å²) < 4.78 is 11.1. The van der Waals surface area contributed by atoms with Crippen LogP contribution >= 0.6 is 11.3 Å². The molecule has 1 aromatic heterocycles. The Bertz CT molecular complexity index is 774. The van der Waals surface area contributed by atoms with Crippen molar-refractivity contribution in [2.24, 2.45) is 0 Å². The van der Waals surface area contributed by atoms with E-state index in [2.05, 4.69) is 22.2 Å². The molecular weight excluding hydrogens is 352 g/mol. The van der Waals surface area contributed by atoms with E-state index in [9.17, 15) is 5.11 Å². The lowest BCUT2D eigenvalue weighted by Gasteiger charge is -2.29. The number of benzene rings is 1. The van der Waals surface area contributed by atoms with Crippen molar-refractivity contribution in [1.82, 2.24) is 9.88 Å². The number of likely N-dealkylation sites (tertiary alicyclic amines) is 1. The largest absolute Gasteiger partial charge is 0.486 e. The molecule has 1 atom stereocenters. The van der Waals surface area contributed by atoms with Gasteiger partial charge in [0.2, 0.25) is 0 Å². The molecule has 2 aliphatic rings. The van der Waals surface area contributed by atoms with Gasteiger partial charge in [-0.2, -0.15) is 0 Å². The average molecular weight is 376 g/mol. The molecule has 1 fully saturated rings. The van der Waals surface area contributed by atoms with Crippen molar-refractivity contribution in [1.29, 1.82) is 0 Å². The summed E-state index contributed by atoms with van der Waals surface area (Å²) in [6, 6.07) is 5.86. The first kappa shape index (κ1) is 17.4. The molecule has 0 spiro atoms. The fraction of sp³-hybridized carbons (Fsp3) is 0.500. The predicted molar refractivity (Wildman–Crippen MR) is 102 cm³/mol. The zero-order valence-electron chi connectivity index (χ0n) is 14.8. The number of aliphatic hydroxyl groups excluding tert-OH is 1. The van der Waals surface area contributed by atoms with Crippen molar-refractivity contribution < 1.29 is 14.6 Å². The zero-order valence-corrected chi connectivity index (χ0v) is 15.6. The van der Waals surface area contributed by atoms with Crippen LogP contribution in [0.5, 0.6) is 11.5 Å². The van der Waals surface area contributed by atoms with E-state index >= 15 is 0 Å². The lowest BCUT2D eigenvalue weighted by atomic mass is 10.1. The van der Waals surface area contributed by atoms with Crippen LogP contribution in [-0.2, 0) is 0 Å². The molecule has 0 aliphatic carbocycles. The van der Waals surface area contributed by atoms with E-state index in [0.717, 1.165) is 36.6 Å². The van der Waals surface area contributed by atoms with Crippen LogP contribution in [-0.4, -0.2) is 54.4 Å². The number of thiazole rings is 1. The van der Waals surface area contributed by atoms with Crippen molar-refractivity contribution >= 4 is 22.3 Å². The number of rotatable bonds is 4. The number of anilines is 2. The molecule has 2 aliphatic heterocycles. The van der Waals surface area contributed by atoms with Crippen molar-refractivity contribution in [2.75, 3.05) is 44.4 Å². The van der Waals surface area contributed by atoms with Crippen molar-refractivity contribution in [3.63, 3.8) is 0 Å². The highest BCUT2D eigenvalue weighted by atomic mass is 32.1. The molecule has 8 heteroatoms. The number of piperidine rings is 1. The minimum absolute atomic E-state index is 0.368. The molecule has 7 nitrogen and oxygen atoms in total. The first-order chi connectivity index (χ1) is 12.6. The summed E-state index contributed by atoms with van der Waals surface area (Å²) in [6.07, 6.45) is 1.32. The van der Waals surface area contributed by atoms with Crippen LogP contribution in [0.15, 0.2) is 18.2 Å². The monoisotopic (exact) mass is 376 g/mol. The van der Waals surface area contributed by atoms with E-state index < -0.39 is 6.10 Å². The third-order valence-corrected chi connectivity index (χ3v) is 5.91. The maximum absolute atomic E-state index is 10.8. The number of nitrogens with two attached hydrogens (primary N) is 1. The van der Waals surface area contributed by atoms with E-state index in [1.54, 1.807) is 0 Å². The predicted octanol–water partition coefficient (Wildman–Crippen LogP) is 2.08. The molecule has 140 valence electrons. The number of ether oxygens (including phenoxy) is 2. The molecule has 1 aromatic carbocycles. The van der Waals surface area contributed by atoms with Gasteiger partial charge in [-0.25, -0.2) is 4.98 Å². The molecule has 1 saturated heterocycles. The molecule has 0 amide bonds. The Labute approximate surface area is 156 Å². The van der Waals surface area contributed by atoms with Crippen LogP contribution in [0.3, 0.4) is 0 Å². The number of nitrogens with zero attached hydrogens (tertiary/aromatic N) is 2. The van der Waals surface area contributed by atoms with Crippen molar-refractivity contribution in [3.8, 4) is 11.5 Å². The first-order valence-electron chi connectivity index (χ1n) is 8.89. The number of aromatic nitrogens is 1. The van der Waals surface area contributed by atoms with Gasteiger partial charge in [0.1, 0.15) is 25.1 Å². The molecular formula is C18H24N4O3S. The van der Waals surface area contributed by atoms with Gasteiger partial charge in [-0.15, -0.1) is 0 Å². The summed E-state index contributed by atoms with van der Waals surface area (Å²) in [5.41, 5.74) is 6.80. The Kier molecular flexibility index (Phi) is 4.88. The highest BCUT2D eigenvalue weighted by Crippen LogP contribution is 2.38. The van der Waals surface area contributed by atoms with Gasteiger partial charge in [-0.1, -0.05) is 17.4 Å². The lowest BCUT2D eigenvalue weighted by molar-refractivity contribution is 0.170. The van der Waals surface area contributed by atoms with Crippen LogP contribution in [0.4, 0.5) is 10.9 Å². The smallest absolute Gasteiger partial charge is 0.185 e. The summed E-state index contributed by atoms with van der Waals surface area (Å²) in [4.78, 5) is 7.39. The Morgan fingerprint density at radius 2 is 2.00 bits per heavy atom. The molecule has 1 unspecified atom stereocenters. The Balaban J connectivity index is 1.49. The van der Waals surface area contributed by atoms with E-state index in [0.29, 0.717) is 41.4 Å². The van der Waals surface area contributed by atoms with E-state index in [4.69, 9.17) is 15.2 Å². The topological polar surface area (TPSA) is 92.9 Å². The average Bonchev–Trinajstić information content (AvgIpc) is 3.02. The molecule has 0 saturated carbocycles. The van der Waals surface area contributed by atoms with Gasteiger partial charge >= 0.3 is 0 Å². The summed E-state index contributed by atoms with van der Waals surface area (Å²) in [5, 5.41) is 15.0. The van der Waals surface area contributed by atoms with Gasteiger partial charge in [0, 0.05) is 6.04 Å². The number of nitrogens with one attached hydrogen (secondary N) is 1. The Morgan fingerprint density at radius 1 is 1.27 bits per heavy atom. The van der Waals surface area contributed by atoms with Gasteiger partial charge in [0.15, 0.2) is 16.6 Å². The SMILES string of the molecule is CN1CCC(Nc2nc(N)c(C(O)c3ccc4c(c3)OCCO4)s2)CC1. The Hall–Kier alpha value is -2.03. The van der Waals surface area contributed by atoms with Gasteiger partial charge in [0.25, 0.3) is 0 Å². The maximum Gasteiger partial charge on any atom is 0.185 e. The third kappa shape index (κ3) is 3.58. The summed E-state index contributed by atoms with van der Waals surface area (Å²) >= 11 is 1.41. The zero-order chi connectivity index (χ0) is 18.1. The second-order valence-electron chi connectivity index (χ2n) is 6.80. The molecule has 26 heavy (non-hydrogen) atoms. The Morgan fingerprint density at radius 3 is 2.77 bits per heavy atom. The summed E-state index contributed by atoms with van der Waals surface area (Å²) in [5.74, 6) is 1.72. The first-order valence-corrected chi connectivity index (χ1v) is 9.70. The maximum atomic E-state index is 10.8. The molecule has 0 radical (unpaired) electrons. The van der Waals surface area contributed by atoms with Crippen LogP contribution in [0, 0.1) is 0 Å². The van der Waals surface area contributed by atoms with Gasteiger partial charge in [0.05, 0.1) is 4.88 Å².